The maximum atomic E-state index is 12.1. The average Bonchev–Trinajstić information content (AvgIpc) is 2.55. The van der Waals surface area contributed by atoms with Crippen molar-refractivity contribution in [3.8, 4) is 0 Å². The van der Waals surface area contributed by atoms with Crippen molar-refractivity contribution in [3.05, 3.63) is 39.9 Å². The van der Waals surface area contributed by atoms with Crippen LogP contribution in [0.15, 0.2) is 24.3 Å². The van der Waals surface area contributed by atoms with Crippen LogP contribution in [0.2, 0.25) is 0 Å². The molecule has 2 rings (SSSR count). The van der Waals surface area contributed by atoms with Gasteiger partial charge in [0.05, 0.1) is 4.92 Å². The number of carbonyl (C=O) groups excluding carboxylic acids is 2. The standard InChI is InChI=1S/C15H20N4O4/c1-10(14(20)18-12-5-7-16-8-6-12)17-15(21)11-3-2-4-13(9-11)19(22)23/h2-4,9-10,12,16H,5-8H2,1H3,(H,17,21)(H,18,20). The molecule has 23 heavy (non-hydrogen) atoms. The number of hydrogen-bond acceptors (Lipinski definition) is 5. The van der Waals surface area contributed by atoms with Gasteiger partial charge < -0.3 is 16.0 Å². The fourth-order valence-corrected chi connectivity index (χ4v) is 2.40. The quantitative estimate of drug-likeness (QED) is 0.542. The summed E-state index contributed by atoms with van der Waals surface area (Å²) in [6.07, 6.45) is 1.72. The minimum Gasteiger partial charge on any atom is -0.351 e. The monoisotopic (exact) mass is 320 g/mol. The molecule has 0 spiro atoms. The highest BCUT2D eigenvalue weighted by atomic mass is 16.6. The second-order valence-corrected chi connectivity index (χ2v) is 5.54. The molecule has 0 aliphatic carbocycles. The summed E-state index contributed by atoms with van der Waals surface area (Å²) in [5.74, 6) is -0.766. The van der Waals surface area contributed by atoms with Gasteiger partial charge in [0.25, 0.3) is 11.6 Å². The third-order valence-corrected chi connectivity index (χ3v) is 3.75. The maximum Gasteiger partial charge on any atom is 0.270 e. The third-order valence-electron chi connectivity index (χ3n) is 3.75. The zero-order valence-electron chi connectivity index (χ0n) is 12.9. The molecular weight excluding hydrogens is 300 g/mol. The molecule has 8 heteroatoms. The highest BCUT2D eigenvalue weighted by molar-refractivity contribution is 5.97. The Hall–Kier alpha value is -2.48. The van der Waals surface area contributed by atoms with Crippen molar-refractivity contribution in [1.82, 2.24) is 16.0 Å². The average molecular weight is 320 g/mol. The first-order chi connectivity index (χ1) is 11.0. The van der Waals surface area contributed by atoms with E-state index in [0.717, 1.165) is 25.9 Å². The van der Waals surface area contributed by atoms with E-state index in [9.17, 15) is 19.7 Å². The van der Waals surface area contributed by atoms with Crippen molar-refractivity contribution in [3.63, 3.8) is 0 Å². The number of nitro benzene ring substituents is 1. The molecule has 1 heterocycles. The molecule has 0 bridgehead atoms. The third kappa shape index (κ3) is 4.75. The molecule has 1 aliphatic rings. The topological polar surface area (TPSA) is 113 Å². The first-order valence-corrected chi connectivity index (χ1v) is 7.54. The van der Waals surface area contributed by atoms with E-state index in [1.165, 1.54) is 24.3 Å². The number of carbonyl (C=O) groups is 2. The predicted molar refractivity (Wildman–Crippen MR) is 84.1 cm³/mol. The summed E-state index contributed by atoms with van der Waals surface area (Å²) in [4.78, 5) is 34.4. The molecule has 1 fully saturated rings. The van der Waals surface area contributed by atoms with Crippen LogP contribution in [-0.2, 0) is 4.79 Å². The van der Waals surface area contributed by atoms with Gasteiger partial charge in [-0.15, -0.1) is 0 Å². The highest BCUT2D eigenvalue weighted by Gasteiger charge is 2.21. The van der Waals surface area contributed by atoms with Crippen LogP contribution in [0.3, 0.4) is 0 Å². The zero-order chi connectivity index (χ0) is 16.8. The van der Waals surface area contributed by atoms with Gasteiger partial charge in [0.2, 0.25) is 5.91 Å². The molecule has 2 amide bonds. The van der Waals surface area contributed by atoms with Crippen LogP contribution >= 0.6 is 0 Å². The number of nitrogens with zero attached hydrogens (tertiary/aromatic N) is 1. The second-order valence-electron chi connectivity index (χ2n) is 5.54. The summed E-state index contributed by atoms with van der Waals surface area (Å²) in [5, 5.41) is 19.4. The van der Waals surface area contributed by atoms with Gasteiger partial charge in [-0.2, -0.15) is 0 Å². The minimum absolute atomic E-state index is 0.112. The number of hydrogen-bond donors (Lipinski definition) is 3. The molecule has 1 unspecified atom stereocenters. The van der Waals surface area contributed by atoms with E-state index in [0.29, 0.717) is 0 Å². The van der Waals surface area contributed by atoms with Crippen molar-refractivity contribution in [2.45, 2.75) is 31.8 Å². The Morgan fingerprint density at radius 2 is 2.04 bits per heavy atom. The Balaban J connectivity index is 1.92. The van der Waals surface area contributed by atoms with E-state index in [2.05, 4.69) is 16.0 Å². The Labute approximate surface area is 133 Å². The van der Waals surface area contributed by atoms with Gasteiger partial charge in [0.1, 0.15) is 6.04 Å². The van der Waals surface area contributed by atoms with Crippen LogP contribution in [0.25, 0.3) is 0 Å². The summed E-state index contributed by atoms with van der Waals surface area (Å²) >= 11 is 0. The van der Waals surface area contributed by atoms with E-state index in [-0.39, 0.29) is 23.2 Å². The fraction of sp³-hybridized carbons (Fsp3) is 0.467. The number of non-ortho nitro benzene ring substituents is 1. The van der Waals surface area contributed by atoms with E-state index >= 15 is 0 Å². The Morgan fingerprint density at radius 1 is 1.35 bits per heavy atom. The normalized spacial score (nSPS) is 16.4. The van der Waals surface area contributed by atoms with Crippen LogP contribution in [0, 0.1) is 10.1 Å². The van der Waals surface area contributed by atoms with Crippen LogP contribution in [0.4, 0.5) is 5.69 Å². The van der Waals surface area contributed by atoms with Gasteiger partial charge in [-0.05, 0) is 38.9 Å². The fourth-order valence-electron chi connectivity index (χ4n) is 2.40. The largest absolute Gasteiger partial charge is 0.351 e. The molecule has 3 N–H and O–H groups in total. The lowest BCUT2D eigenvalue weighted by molar-refractivity contribution is -0.384. The van der Waals surface area contributed by atoms with E-state index < -0.39 is 16.9 Å². The molecule has 0 radical (unpaired) electrons. The number of rotatable bonds is 5. The molecule has 124 valence electrons. The summed E-state index contributed by atoms with van der Waals surface area (Å²) in [6.45, 7) is 3.31. The lowest BCUT2D eigenvalue weighted by Gasteiger charge is -2.25. The highest BCUT2D eigenvalue weighted by Crippen LogP contribution is 2.13. The first kappa shape index (κ1) is 16.9. The minimum atomic E-state index is -0.711. The Kier molecular flexibility index (Phi) is 5.64. The molecule has 0 saturated carbocycles. The Bertz CT molecular complexity index is 599. The summed E-state index contributed by atoms with van der Waals surface area (Å²) in [5.41, 5.74) is -0.00910. The smallest absolute Gasteiger partial charge is 0.270 e. The van der Waals surface area contributed by atoms with Gasteiger partial charge in [-0.25, -0.2) is 0 Å². The summed E-state index contributed by atoms with van der Waals surface area (Å²) in [6, 6.07) is 4.81. The molecule has 1 aromatic rings. The number of benzene rings is 1. The van der Waals surface area contributed by atoms with Gasteiger partial charge in [-0.3, -0.25) is 19.7 Å². The molecule has 0 aromatic heterocycles. The number of amides is 2. The Morgan fingerprint density at radius 3 is 2.70 bits per heavy atom. The lowest BCUT2D eigenvalue weighted by atomic mass is 10.1. The van der Waals surface area contributed by atoms with E-state index in [1.807, 2.05) is 0 Å². The molecule has 1 aromatic carbocycles. The van der Waals surface area contributed by atoms with Crippen molar-refractivity contribution in [2.75, 3.05) is 13.1 Å². The van der Waals surface area contributed by atoms with Gasteiger partial charge >= 0.3 is 0 Å². The SMILES string of the molecule is CC(NC(=O)c1cccc([N+](=O)[O-])c1)C(=O)NC1CCNCC1. The second kappa shape index (κ2) is 7.68. The molecule has 1 atom stereocenters. The van der Waals surface area contributed by atoms with Gasteiger partial charge in [0, 0.05) is 23.7 Å². The van der Waals surface area contributed by atoms with Crippen LogP contribution < -0.4 is 16.0 Å². The predicted octanol–water partition coefficient (Wildman–Crippen LogP) is 0.581. The van der Waals surface area contributed by atoms with E-state index in [1.54, 1.807) is 6.92 Å². The molecule has 1 saturated heterocycles. The number of piperidine rings is 1. The van der Waals surface area contributed by atoms with Crippen molar-refractivity contribution < 1.29 is 14.5 Å². The van der Waals surface area contributed by atoms with Crippen molar-refractivity contribution in [2.24, 2.45) is 0 Å². The van der Waals surface area contributed by atoms with Crippen molar-refractivity contribution in [1.29, 1.82) is 0 Å². The van der Waals surface area contributed by atoms with Crippen LogP contribution in [0.5, 0.6) is 0 Å². The van der Waals surface area contributed by atoms with Crippen molar-refractivity contribution >= 4 is 17.5 Å². The first-order valence-electron chi connectivity index (χ1n) is 7.54. The van der Waals surface area contributed by atoms with Crippen LogP contribution in [0.1, 0.15) is 30.1 Å². The van der Waals surface area contributed by atoms with Crippen LogP contribution in [-0.4, -0.2) is 41.9 Å². The number of nitrogens with one attached hydrogen (secondary N) is 3. The summed E-state index contributed by atoms with van der Waals surface area (Å²) < 4.78 is 0. The summed E-state index contributed by atoms with van der Waals surface area (Å²) in [7, 11) is 0. The van der Waals surface area contributed by atoms with Gasteiger partial charge in [0.15, 0.2) is 0 Å². The number of nitro groups is 1. The van der Waals surface area contributed by atoms with E-state index in [4.69, 9.17) is 0 Å². The zero-order valence-corrected chi connectivity index (χ0v) is 12.9. The molecule has 1 aliphatic heterocycles. The molecular formula is C15H20N4O4. The molecule has 8 nitrogen and oxygen atoms in total. The lowest BCUT2D eigenvalue weighted by Crippen LogP contribution is -2.50. The van der Waals surface area contributed by atoms with Gasteiger partial charge in [-0.1, -0.05) is 6.07 Å². The maximum absolute atomic E-state index is 12.1.